The first kappa shape index (κ1) is 14.2. The fraction of sp³-hybridized carbons (Fsp3) is 0.733. The van der Waals surface area contributed by atoms with E-state index in [-0.39, 0.29) is 12.1 Å². The van der Waals surface area contributed by atoms with Crippen LogP contribution in [-0.2, 0) is 11.3 Å². The molecular formula is C15H24N4O2. The molecule has 0 spiro atoms. The number of H-pyrrole nitrogens is 1. The molecule has 1 amide bonds. The van der Waals surface area contributed by atoms with E-state index in [1.54, 1.807) is 0 Å². The highest BCUT2D eigenvalue weighted by Crippen LogP contribution is 2.46. The van der Waals surface area contributed by atoms with Crippen LogP contribution in [-0.4, -0.2) is 26.8 Å². The lowest BCUT2D eigenvalue weighted by atomic mass is 9.95. The van der Waals surface area contributed by atoms with E-state index in [0.29, 0.717) is 18.3 Å². The molecule has 6 nitrogen and oxygen atoms in total. The molecule has 0 aromatic carbocycles. The average Bonchev–Trinajstić information content (AvgIpc) is 3.04. The van der Waals surface area contributed by atoms with E-state index in [0.717, 1.165) is 24.1 Å². The van der Waals surface area contributed by atoms with Crippen molar-refractivity contribution >= 4 is 11.9 Å². The maximum atomic E-state index is 12.5. The first-order chi connectivity index (χ1) is 9.87. The third-order valence-electron chi connectivity index (χ3n) is 4.37. The summed E-state index contributed by atoms with van der Waals surface area (Å²) < 4.78 is 5.56. The number of hydrogen-bond donors (Lipinski definition) is 2. The minimum Gasteiger partial charge on any atom is -0.444 e. The van der Waals surface area contributed by atoms with Gasteiger partial charge in [-0.15, -0.1) is 0 Å². The number of carbonyl (C=O) groups is 1. The molecule has 0 saturated heterocycles. The number of nitrogens with two attached hydrogens (primary N) is 1. The van der Waals surface area contributed by atoms with Crippen molar-refractivity contribution in [1.82, 2.24) is 15.1 Å². The van der Waals surface area contributed by atoms with E-state index in [2.05, 4.69) is 10.2 Å². The summed E-state index contributed by atoms with van der Waals surface area (Å²) in [4.78, 5) is 14.4. The second kappa shape index (κ2) is 4.93. The van der Waals surface area contributed by atoms with Crippen molar-refractivity contribution in [3.8, 4) is 0 Å². The summed E-state index contributed by atoms with van der Waals surface area (Å²) in [6.07, 6.45) is 4.47. The number of nitrogens with zero attached hydrogens (tertiary/aromatic N) is 2. The van der Waals surface area contributed by atoms with Gasteiger partial charge in [0.1, 0.15) is 5.60 Å². The molecule has 2 heterocycles. The van der Waals surface area contributed by atoms with Gasteiger partial charge < -0.3 is 10.5 Å². The highest BCUT2D eigenvalue weighted by molar-refractivity contribution is 5.71. The van der Waals surface area contributed by atoms with E-state index in [9.17, 15) is 4.79 Å². The Morgan fingerprint density at radius 1 is 1.38 bits per heavy atom. The molecule has 1 aromatic rings. The largest absolute Gasteiger partial charge is 0.444 e. The first-order valence-corrected chi connectivity index (χ1v) is 7.69. The standard InChI is InChI=1S/C15H24N4O2/c1-15(2,3)21-14(20)19-8-10-11(17-18-13(10)16)12(19)9-6-4-5-7-9/h9,12H,4-8H2,1-3H3,(H3,16,17,18). The Morgan fingerprint density at radius 3 is 2.67 bits per heavy atom. The summed E-state index contributed by atoms with van der Waals surface area (Å²) >= 11 is 0. The highest BCUT2D eigenvalue weighted by atomic mass is 16.6. The third-order valence-corrected chi connectivity index (χ3v) is 4.37. The fourth-order valence-electron chi connectivity index (χ4n) is 3.49. The number of aromatic nitrogens is 2. The van der Waals surface area contributed by atoms with Gasteiger partial charge in [-0.05, 0) is 39.5 Å². The summed E-state index contributed by atoms with van der Waals surface area (Å²) in [6.45, 7) is 6.16. The van der Waals surface area contributed by atoms with Crippen LogP contribution in [0.2, 0.25) is 0 Å². The molecule has 1 aromatic heterocycles. The van der Waals surface area contributed by atoms with Crippen molar-refractivity contribution in [2.45, 2.75) is 64.6 Å². The normalized spacial score (nSPS) is 22.6. The predicted molar refractivity (Wildman–Crippen MR) is 79.5 cm³/mol. The van der Waals surface area contributed by atoms with Crippen LogP contribution in [0, 0.1) is 5.92 Å². The Morgan fingerprint density at radius 2 is 2.05 bits per heavy atom. The molecule has 0 bridgehead atoms. The molecule has 116 valence electrons. The van der Waals surface area contributed by atoms with Gasteiger partial charge in [0.2, 0.25) is 0 Å². The number of carbonyl (C=O) groups excluding carboxylic acids is 1. The highest BCUT2D eigenvalue weighted by Gasteiger charge is 2.43. The molecule has 0 radical (unpaired) electrons. The van der Waals surface area contributed by atoms with Crippen molar-refractivity contribution in [1.29, 1.82) is 0 Å². The Hall–Kier alpha value is -1.72. The van der Waals surface area contributed by atoms with Crippen LogP contribution < -0.4 is 5.73 Å². The van der Waals surface area contributed by atoms with Crippen molar-refractivity contribution in [3.05, 3.63) is 11.3 Å². The van der Waals surface area contributed by atoms with E-state index >= 15 is 0 Å². The van der Waals surface area contributed by atoms with Gasteiger partial charge >= 0.3 is 6.09 Å². The maximum absolute atomic E-state index is 12.5. The van der Waals surface area contributed by atoms with Gasteiger partial charge in [0, 0.05) is 5.56 Å². The van der Waals surface area contributed by atoms with Crippen LogP contribution in [0.5, 0.6) is 0 Å². The Balaban J connectivity index is 1.87. The van der Waals surface area contributed by atoms with E-state index in [1.807, 2.05) is 25.7 Å². The zero-order valence-electron chi connectivity index (χ0n) is 13.0. The number of anilines is 1. The molecule has 1 saturated carbocycles. The van der Waals surface area contributed by atoms with Crippen molar-refractivity contribution in [3.63, 3.8) is 0 Å². The van der Waals surface area contributed by atoms with Crippen molar-refractivity contribution in [2.24, 2.45) is 5.92 Å². The minimum absolute atomic E-state index is 0.0298. The average molecular weight is 292 g/mol. The number of nitrogens with one attached hydrogen (secondary N) is 1. The number of hydrogen-bond acceptors (Lipinski definition) is 4. The molecule has 6 heteroatoms. The molecule has 1 fully saturated rings. The molecule has 3 N–H and O–H groups in total. The van der Waals surface area contributed by atoms with Gasteiger partial charge in [0.25, 0.3) is 0 Å². The van der Waals surface area contributed by atoms with Gasteiger partial charge in [0.05, 0.1) is 18.3 Å². The Bertz CT molecular complexity index is 540. The minimum atomic E-state index is -0.489. The molecular weight excluding hydrogens is 268 g/mol. The summed E-state index contributed by atoms with van der Waals surface area (Å²) in [5.41, 5.74) is 7.39. The van der Waals surface area contributed by atoms with Gasteiger partial charge in [0.15, 0.2) is 5.82 Å². The van der Waals surface area contributed by atoms with Crippen LogP contribution in [0.3, 0.4) is 0 Å². The van der Waals surface area contributed by atoms with Crippen molar-refractivity contribution < 1.29 is 9.53 Å². The molecule has 1 unspecified atom stereocenters. The summed E-state index contributed by atoms with van der Waals surface area (Å²) in [6, 6.07) is 0.0298. The van der Waals surface area contributed by atoms with E-state index in [4.69, 9.17) is 10.5 Å². The zero-order chi connectivity index (χ0) is 15.2. The number of ether oxygens (including phenoxy) is 1. The van der Waals surface area contributed by atoms with Crippen LogP contribution >= 0.6 is 0 Å². The second-order valence-electron chi connectivity index (χ2n) is 7.10. The van der Waals surface area contributed by atoms with Gasteiger partial charge in [-0.1, -0.05) is 12.8 Å². The summed E-state index contributed by atoms with van der Waals surface area (Å²) in [7, 11) is 0. The quantitative estimate of drug-likeness (QED) is 0.833. The third kappa shape index (κ3) is 2.59. The predicted octanol–water partition coefficient (Wildman–Crippen LogP) is 2.97. The van der Waals surface area contributed by atoms with Gasteiger partial charge in [-0.3, -0.25) is 10.00 Å². The number of rotatable bonds is 1. The number of nitrogen functional groups attached to an aromatic ring is 1. The Labute approximate surface area is 125 Å². The van der Waals surface area contributed by atoms with Crippen LogP contribution in [0.15, 0.2) is 0 Å². The topological polar surface area (TPSA) is 84.2 Å². The number of amides is 1. The lowest BCUT2D eigenvalue weighted by Gasteiger charge is -2.31. The van der Waals surface area contributed by atoms with Crippen molar-refractivity contribution in [2.75, 3.05) is 5.73 Å². The molecule has 2 aliphatic rings. The fourth-order valence-corrected chi connectivity index (χ4v) is 3.49. The lowest BCUT2D eigenvalue weighted by Crippen LogP contribution is -2.38. The smallest absolute Gasteiger partial charge is 0.411 e. The van der Waals surface area contributed by atoms with E-state index in [1.165, 1.54) is 12.8 Å². The summed E-state index contributed by atoms with van der Waals surface area (Å²) in [5.74, 6) is 0.970. The maximum Gasteiger partial charge on any atom is 0.411 e. The van der Waals surface area contributed by atoms with Crippen LogP contribution in [0.25, 0.3) is 0 Å². The first-order valence-electron chi connectivity index (χ1n) is 7.69. The molecule has 1 aliphatic carbocycles. The van der Waals surface area contributed by atoms with Crippen LogP contribution in [0.1, 0.15) is 63.8 Å². The molecule has 1 aliphatic heterocycles. The van der Waals surface area contributed by atoms with Gasteiger partial charge in [-0.2, -0.15) is 5.10 Å². The van der Waals surface area contributed by atoms with Crippen LogP contribution in [0.4, 0.5) is 10.6 Å². The monoisotopic (exact) mass is 292 g/mol. The second-order valence-corrected chi connectivity index (χ2v) is 7.10. The SMILES string of the molecule is CC(C)(C)OC(=O)N1Cc2c(N)n[nH]c2C1C1CCCC1. The van der Waals surface area contributed by atoms with Gasteiger partial charge in [-0.25, -0.2) is 4.79 Å². The number of aromatic amines is 1. The zero-order valence-corrected chi connectivity index (χ0v) is 13.0. The molecule has 1 atom stereocenters. The molecule has 3 rings (SSSR count). The van der Waals surface area contributed by atoms with E-state index < -0.39 is 5.60 Å². The number of fused-ring (bicyclic) bond motifs is 1. The Kier molecular flexibility index (Phi) is 3.34. The summed E-state index contributed by atoms with van der Waals surface area (Å²) in [5, 5.41) is 7.14. The molecule has 21 heavy (non-hydrogen) atoms. The lowest BCUT2D eigenvalue weighted by molar-refractivity contribution is 0.0108.